The molecule has 0 atom stereocenters. The highest BCUT2D eigenvalue weighted by Crippen LogP contribution is 2.21. The molecule has 0 aliphatic carbocycles. The van der Waals surface area contributed by atoms with E-state index in [0.717, 1.165) is 11.4 Å². The summed E-state index contributed by atoms with van der Waals surface area (Å²) in [7, 11) is 0. The van der Waals surface area contributed by atoms with E-state index in [2.05, 4.69) is 9.97 Å². The van der Waals surface area contributed by atoms with Gasteiger partial charge in [-0.25, -0.2) is 9.78 Å². The molecule has 0 saturated heterocycles. The van der Waals surface area contributed by atoms with Crippen LogP contribution in [0, 0.1) is 6.92 Å². The van der Waals surface area contributed by atoms with E-state index in [0.29, 0.717) is 18.9 Å². The normalized spacial score (nSPS) is 10.4. The number of rotatable bonds is 5. The number of halogens is 1. The Morgan fingerprint density at radius 3 is 2.81 bits per heavy atom. The summed E-state index contributed by atoms with van der Waals surface area (Å²) < 4.78 is 0. The number of carbonyl (C=O) groups is 1. The fourth-order valence-electron chi connectivity index (χ4n) is 2.00. The van der Waals surface area contributed by atoms with Crippen LogP contribution in [0.3, 0.4) is 0 Å². The molecular formula is C15H16ClN3O2. The number of aromatic nitrogens is 2. The molecule has 2 aromatic heterocycles. The predicted molar refractivity (Wildman–Crippen MR) is 81.9 cm³/mol. The molecule has 0 spiro atoms. The van der Waals surface area contributed by atoms with E-state index in [9.17, 15) is 4.79 Å². The lowest BCUT2D eigenvalue weighted by Crippen LogP contribution is -2.24. The molecule has 0 aliphatic heterocycles. The molecule has 0 aliphatic rings. The van der Waals surface area contributed by atoms with Gasteiger partial charge in [0.15, 0.2) is 0 Å². The average molecular weight is 306 g/mol. The molecule has 0 radical (unpaired) electrons. The number of pyridine rings is 2. The van der Waals surface area contributed by atoms with E-state index < -0.39 is 5.97 Å². The van der Waals surface area contributed by atoms with Gasteiger partial charge in [0.2, 0.25) is 0 Å². The summed E-state index contributed by atoms with van der Waals surface area (Å²) in [6.45, 7) is 5.16. The van der Waals surface area contributed by atoms with Gasteiger partial charge in [0.05, 0.1) is 22.8 Å². The Balaban J connectivity index is 2.29. The van der Waals surface area contributed by atoms with Gasteiger partial charge in [-0.3, -0.25) is 4.98 Å². The highest BCUT2D eigenvalue weighted by atomic mass is 35.5. The zero-order chi connectivity index (χ0) is 15.4. The van der Waals surface area contributed by atoms with Gasteiger partial charge >= 0.3 is 5.97 Å². The van der Waals surface area contributed by atoms with Crippen LogP contribution >= 0.6 is 11.6 Å². The number of hydrogen-bond donors (Lipinski definition) is 1. The lowest BCUT2D eigenvalue weighted by atomic mass is 10.2. The third-order valence-corrected chi connectivity index (χ3v) is 3.38. The first-order valence-corrected chi connectivity index (χ1v) is 6.95. The summed E-state index contributed by atoms with van der Waals surface area (Å²) >= 11 is 5.85. The van der Waals surface area contributed by atoms with Crippen LogP contribution in [0.2, 0.25) is 5.02 Å². The second-order valence-electron chi connectivity index (χ2n) is 4.61. The van der Waals surface area contributed by atoms with Crippen molar-refractivity contribution in [2.75, 3.05) is 11.4 Å². The van der Waals surface area contributed by atoms with Crippen LogP contribution in [0.15, 0.2) is 30.5 Å². The molecule has 0 aromatic carbocycles. The Hall–Kier alpha value is -2.14. The molecule has 0 bridgehead atoms. The fourth-order valence-corrected chi connectivity index (χ4v) is 2.19. The van der Waals surface area contributed by atoms with E-state index in [1.165, 1.54) is 12.3 Å². The summed E-state index contributed by atoms with van der Waals surface area (Å²) in [5, 5.41) is 9.26. The van der Waals surface area contributed by atoms with Crippen molar-refractivity contribution in [3.63, 3.8) is 0 Å². The second-order valence-corrected chi connectivity index (χ2v) is 5.02. The zero-order valence-electron chi connectivity index (χ0n) is 11.9. The predicted octanol–water partition coefficient (Wildman–Crippen LogP) is 3.16. The van der Waals surface area contributed by atoms with Crippen LogP contribution in [0.25, 0.3) is 0 Å². The SMILES string of the molecule is CCN(Cc1cccc(C)n1)c1cc(C(=O)O)c(Cl)cn1. The first kappa shape index (κ1) is 15.3. The molecule has 2 heterocycles. The zero-order valence-corrected chi connectivity index (χ0v) is 12.6. The van der Waals surface area contributed by atoms with Crippen LogP contribution in [0.1, 0.15) is 28.7 Å². The van der Waals surface area contributed by atoms with Gasteiger partial charge in [-0.1, -0.05) is 17.7 Å². The Morgan fingerprint density at radius 2 is 2.19 bits per heavy atom. The molecule has 110 valence electrons. The third-order valence-electron chi connectivity index (χ3n) is 3.08. The largest absolute Gasteiger partial charge is 0.478 e. The lowest BCUT2D eigenvalue weighted by Gasteiger charge is -2.22. The quantitative estimate of drug-likeness (QED) is 0.919. The number of nitrogens with zero attached hydrogens (tertiary/aromatic N) is 3. The standard InChI is InChI=1S/C15H16ClN3O2/c1-3-19(9-11-6-4-5-10(2)18-11)14-7-12(15(20)21)13(16)8-17-14/h4-8H,3,9H2,1-2H3,(H,20,21). The Kier molecular flexibility index (Phi) is 4.75. The van der Waals surface area contributed by atoms with Gasteiger partial charge in [-0.05, 0) is 32.0 Å². The molecule has 0 unspecified atom stereocenters. The van der Waals surface area contributed by atoms with Gasteiger partial charge in [0.25, 0.3) is 0 Å². The number of carboxylic acids is 1. The van der Waals surface area contributed by atoms with Crippen molar-refractivity contribution >= 4 is 23.4 Å². The molecule has 2 rings (SSSR count). The van der Waals surface area contributed by atoms with Crippen molar-refractivity contribution in [1.29, 1.82) is 0 Å². The minimum atomic E-state index is -1.06. The van der Waals surface area contributed by atoms with Crippen LogP contribution in [-0.4, -0.2) is 27.6 Å². The molecule has 0 saturated carbocycles. The molecule has 6 heteroatoms. The Labute approximate surface area is 128 Å². The van der Waals surface area contributed by atoms with Crippen molar-refractivity contribution in [2.24, 2.45) is 0 Å². The van der Waals surface area contributed by atoms with Crippen LogP contribution < -0.4 is 4.90 Å². The van der Waals surface area contributed by atoms with Crippen LogP contribution in [-0.2, 0) is 6.54 Å². The number of hydrogen-bond acceptors (Lipinski definition) is 4. The molecule has 21 heavy (non-hydrogen) atoms. The smallest absolute Gasteiger partial charge is 0.337 e. The van der Waals surface area contributed by atoms with Crippen molar-refractivity contribution in [2.45, 2.75) is 20.4 Å². The highest BCUT2D eigenvalue weighted by molar-refractivity contribution is 6.33. The van der Waals surface area contributed by atoms with E-state index in [1.807, 2.05) is 36.9 Å². The molecule has 0 amide bonds. The van der Waals surface area contributed by atoms with Gasteiger partial charge in [0.1, 0.15) is 5.82 Å². The van der Waals surface area contributed by atoms with Gasteiger partial charge in [0, 0.05) is 18.4 Å². The van der Waals surface area contributed by atoms with E-state index in [4.69, 9.17) is 16.7 Å². The van der Waals surface area contributed by atoms with Crippen molar-refractivity contribution < 1.29 is 9.90 Å². The van der Waals surface area contributed by atoms with E-state index in [1.54, 1.807) is 0 Å². The van der Waals surface area contributed by atoms with Crippen molar-refractivity contribution in [3.05, 3.63) is 52.4 Å². The molecular weight excluding hydrogens is 290 g/mol. The highest BCUT2D eigenvalue weighted by Gasteiger charge is 2.14. The van der Waals surface area contributed by atoms with E-state index in [-0.39, 0.29) is 10.6 Å². The Morgan fingerprint density at radius 1 is 1.43 bits per heavy atom. The molecule has 0 fully saturated rings. The second kappa shape index (κ2) is 6.54. The maximum absolute atomic E-state index is 11.1. The topological polar surface area (TPSA) is 66.3 Å². The van der Waals surface area contributed by atoms with Crippen LogP contribution in [0.5, 0.6) is 0 Å². The third kappa shape index (κ3) is 3.70. The molecule has 2 aromatic rings. The first-order chi connectivity index (χ1) is 10.0. The van der Waals surface area contributed by atoms with E-state index >= 15 is 0 Å². The molecule has 1 N–H and O–H groups in total. The lowest BCUT2D eigenvalue weighted by molar-refractivity contribution is 0.0697. The van der Waals surface area contributed by atoms with Crippen molar-refractivity contribution in [3.8, 4) is 0 Å². The average Bonchev–Trinajstić information content (AvgIpc) is 2.45. The molecule has 5 nitrogen and oxygen atoms in total. The minimum absolute atomic E-state index is 0.0531. The van der Waals surface area contributed by atoms with Gasteiger partial charge in [-0.2, -0.15) is 0 Å². The summed E-state index contributed by atoms with van der Waals surface area (Å²) in [5.41, 5.74) is 1.90. The number of carboxylic acid groups (broad SMARTS) is 1. The maximum atomic E-state index is 11.1. The first-order valence-electron chi connectivity index (χ1n) is 6.57. The number of aryl methyl sites for hydroxylation is 1. The summed E-state index contributed by atoms with van der Waals surface area (Å²) in [6, 6.07) is 7.31. The van der Waals surface area contributed by atoms with Gasteiger partial charge < -0.3 is 10.0 Å². The summed E-state index contributed by atoms with van der Waals surface area (Å²) in [6.07, 6.45) is 1.37. The maximum Gasteiger partial charge on any atom is 0.337 e. The summed E-state index contributed by atoms with van der Waals surface area (Å²) in [4.78, 5) is 21.8. The number of aromatic carboxylic acids is 1. The monoisotopic (exact) mass is 305 g/mol. The fraction of sp³-hybridized carbons (Fsp3) is 0.267. The van der Waals surface area contributed by atoms with Crippen LogP contribution in [0.4, 0.5) is 5.82 Å². The Bertz CT molecular complexity index is 661. The van der Waals surface area contributed by atoms with Crippen molar-refractivity contribution in [1.82, 2.24) is 9.97 Å². The van der Waals surface area contributed by atoms with Gasteiger partial charge in [-0.15, -0.1) is 0 Å². The summed E-state index contributed by atoms with van der Waals surface area (Å²) in [5.74, 6) is -0.490. The number of anilines is 1. The minimum Gasteiger partial charge on any atom is -0.478 e.